The van der Waals surface area contributed by atoms with E-state index in [1.54, 1.807) is 6.20 Å². The molecule has 0 unspecified atom stereocenters. The number of rotatable bonds is 6. The third-order valence-electron chi connectivity index (χ3n) is 3.34. The van der Waals surface area contributed by atoms with Gasteiger partial charge in [0.25, 0.3) is 5.89 Å². The molecule has 2 heterocycles. The summed E-state index contributed by atoms with van der Waals surface area (Å²) in [7, 11) is 4.11. The number of hydrogen-bond acceptors (Lipinski definition) is 6. The van der Waals surface area contributed by atoms with Crippen LogP contribution >= 0.6 is 0 Å². The van der Waals surface area contributed by atoms with Crippen LogP contribution in [0.15, 0.2) is 53.2 Å². The molecule has 0 aliphatic carbocycles. The van der Waals surface area contributed by atoms with Gasteiger partial charge in [-0.1, -0.05) is 11.2 Å². The molecule has 3 aromatic rings. The van der Waals surface area contributed by atoms with Crippen molar-refractivity contribution in [1.29, 1.82) is 0 Å². The number of nitrogens with zero attached hydrogens (tertiary/aromatic N) is 4. The van der Waals surface area contributed by atoms with Crippen molar-refractivity contribution in [3.05, 3.63) is 48.7 Å². The van der Waals surface area contributed by atoms with E-state index in [1.165, 1.54) is 0 Å². The van der Waals surface area contributed by atoms with Crippen molar-refractivity contribution in [2.24, 2.45) is 0 Å². The van der Waals surface area contributed by atoms with Gasteiger partial charge in [-0.15, -0.1) is 0 Å². The molecule has 1 N–H and O–H groups in total. The average Bonchev–Trinajstić information content (AvgIpc) is 3.06. The number of likely N-dealkylation sites (N-methyl/N-ethyl adjacent to an activating group) is 1. The van der Waals surface area contributed by atoms with Crippen molar-refractivity contribution in [2.75, 3.05) is 32.5 Å². The van der Waals surface area contributed by atoms with Gasteiger partial charge >= 0.3 is 0 Å². The van der Waals surface area contributed by atoms with E-state index in [4.69, 9.17) is 4.52 Å². The predicted octanol–water partition coefficient (Wildman–Crippen LogP) is 2.77. The normalized spacial score (nSPS) is 10.9. The van der Waals surface area contributed by atoms with Crippen molar-refractivity contribution in [2.45, 2.75) is 0 Å². The number of aromatic nitrogens is 3. The van der Waals surface area contributed by atoms with Crippen molar-refractivity contribution >= 4 is 5.69 Å². The molecule has 118 valence electrons. The zero-order valence-corrected chi connectivity index (χ0v) is 13.2. The molecule has 1 aromatic carbocycles. The maximum atomic E-state index is 5.28. The summed E-state index contributed by atoms with van der Waals surface area (Å²) >= 11 is 0. The lowest BCUT2D eigenvalue weighted by molar-refractivity contribution is 0.425. The van der Waals surface area contributed by atoms with Crippen molar-refractivity contribution in [3.63, 3.8) is 0 Å². The molecule has 0 radical (unpaired) electrons. The second-order valence-corrected chi connectivity index (χ2v) is 5.45. The van der Waals surface area contributed by atoms with E-state index < -0.39 is 0 Å². The van der Waals surface area contributed by atoms with E-state index in [0.29, 0.717) is 17.4 Å². The molecule has 0 saturated heterocycles. The highest BCUT2D eigenvalue weighted by molar-refractivity contribution is 5.61. The fraction of sp³-hybridized carbons (Fsp3) is 0.235. The van der Waals surface area contributed by atoms with Gasteiger partial charge in [0.15, 0.2) is 0 Å². The predicted molar refractivity (Wildman–Crippen MR) is 90.0 cm³/mol. The highest BCUT2D eigenvalue weighted by atomic mass is 16.5. The third-order valence-corrected chi connectivity index (χ3v) is 3.34. The van der Waals surface area contributed by atoms with Crippen LogP contribution in [0.1, 0.15) is 0 Å². The molecular weight excluding hydrogens is 290 g/mol. The van der Waals surface area contributed by atoms with Gasteiger partial charge in [0.1, 0.15) is 5.69 Å². The van der Waals surface area contributed by atoms with E-state index >= 15 is 0 Å². The summed E-state index contributed by atoms with van der Waals surface area (Å²) < 4.78 is 5.28. The van der Waals surface area contributed by atoms with E-state index in [0.717, 1.165) is 24.3 Å². The maximum Gasteiger partial charge on any atom is 0.276 e. The van der Waals surface area contributed by atoms with Crippen molar-refractivity contribution in [3.8, 4) is 23.0 Å². The molecule has 0 spiro atoms. The van der Waals surface area contributed by atoms with Gasteiger partial charge in [-0.05, 0) is 50.5 Å². The molecule has 23 heavy (non-hydrogen) atoms. The zero-order valence-electron chi connectivity index (χ0n) is 13.2. The van der Waals surface area contributed by atoms with E-state index in [-0.39, 0.29) is 0 Å². The molecular formula is C17H19N5O. The maximum absolute atomic E-state index is 5.28. The minimum atomic E-state index is 0.425. The molecule has 6 nitrogen and oxygen atoms in total. The summed E-state index contributed by atoms with van der Waals surface area (Å²) in [6, 6.07) is 13.6. The van der Waals surface area contributed by atoms with Crippen LogP contribution in [-0.4, -0.2) is 47.2 Å². The number of benzene rings is 1. The molecule has 2 aromatic heterocycles. The zero-order chi connectivity index (χ0) is 16.1. The van der Waals surface area contributed by atoms with Gasteiger partial charge in [-0.3, -0.25) is 4.98 Å². The van der Waals surface area contributed by atoms with Crippen LogP contribution in [0, 0.1) is 0 Å². The number of hydrogen-bond donors (Lipinski definition) is 1. The molecule has 0 aliphatic heterocycles. The van der Waals surface area contributed by atoms with Crippen LogP contribution in [0.3, 0.4) is 0 Å². The van der Waals surface area contributed by atoms with Gasteiger partial charge in [0.2, 0.25) is 5.82 Å². The summed E-state index contributed by atoms with van der Waals surface area (Å²) in [6.45, 7) is 1.89. The summed E-state index contributed by atoms with van der Waals surface area (Å²) in [5.74, 6) is 0.985. The number of anilines is 1. The van der Waals surface area contributed by atoms with Crippen LogP contribution in [0.5, 0.6) is 0 Å². The monoisotopic (exact) mass is 309 g/mol. The molecule has 0 saturated carbocycles. The Bertz CT molecular complexity index is 737. The Morgan fingerprint density at radius 1 is 1.09 bits per heavy atom. The first-order valence-electron chi connectivity index (χ1n) is 7.46. The fourth-order valence-corrected chi connectivity index (χ4v) is 2.10. The highest BCUT2D eigenvalue weighted by Crippen LogP contribution is 2.22. The minimum absolute atomic E-state index is 0.425. The first-order chi connectivity index (χ1) is 11.2. The van der Waals surface area contributed by atoms with Gasteiger partial charge in [0, 0.05) is 30.5 Å². The number of nitrogens with one attached hydrogen (secondary N) is 1. The van der Waals surface area contributed by atoms with Crippen LogP contribution in [-0.2, 0) is 0 Å². The largest absolute Gasteiger partial charge is 0.384 e. The Morgan fingerprint density at radius 2 is 1.91 bits per heavy atom. The highest BCUT2D eigenvalue weighted by Gasteiger charge is 2.11. The van der Waals surface area contributed by atoms with Gasteiger partial charge in [-0.25, -0.2) is 0 Å². The van der Waals surface area contributed by atoms with E-state index in [1.807, 2.05) is 42.5 Å². The molecule has 0 bridgehead atoms. The average molecular weight is 309 g/mol. The van der Waals surface area contributed by atoms with Gasteiger partial charge < -0.3 is 14.7 Å². The van der Waals surface area contributed by atoms with Crippen molar-refractivity contribution < 1.29 is 4.52 Å². The molecule has 0 fully saturated rings. The van der Waals surface area contributed by atoms with Crippen LogP contribution in [0.4, 0.5) is 5.69 Å². The second-order valence-electron chi connectivity index (χ2n) is 5.45. The summed E-state index contributed by atoms with van der Waals surface area (Å²) in [5, 5.41) is 7.39. The van der Waals surface area contributed by atoms with Crippen LogP contribution in [0.2, 0.25) is 0 Å². The summed E-state index contributed by atoms with van der Waals surface area (Å²) in [6.07, 6.45) is 1.70. The van der Waals surface area contributed by atoms with Crippen LogP contribution < -0.4 is 5.32 Å². The summed E-state index contributed by atoms with van der Waals surface area (Å²) in [4.78, 5) is 10.7. The van der Waals surface area contributed by atoms with E-state index in [2.05, 4.69) is 39.4 Å². The Balaban J connectivity index is 1.69. The summed E-state index contributed by atoms with van der Waals surface area (Å²) in [5.41, 5.74) is 2.66. The molecule has 0 atom stereocenters. The SMILES string of the molecule is CN(C)CCNc1ccc(-c2noc(-c3ccccn3)n2)cc1. The van der Waals surface area contributed by atoms with Crippen LogP contribution in [0.25, 0.3) is 23.0 Å². The first-order valence-corrected chi connectivity index (χ1v) is 7.46. The molecule has 0 amide bonds. The lowest BCUT2D eigenvalue weighted by atomic mass is 10.2. The Morgan fingerprint density at radius 3 is 2.61 bits per heavy atom. The molecule has 0 aliphatic rings. The lowest BCUT2D eigenvalue weighted by Crippen LogP contribution is -2.20. The molecule has 3 rings (SSSR count). The van der Waals surface area contributed by atoms with Gasteiger partial charge in [-0.2, -0.15) is 4.98 Å². The first kappa shape index (κ1) is 15.2. The molecule has 6 heteroatoms. The lowest BCUT2D eigenvalue weighted by Gasteiger charge is -2.11. The Labute approximate surface area is 135 Å². The number of pyridine rings is 1. The Hall–Kier alpha value is -2.73. The van der Waals surface area contributed by atoms with Gasteiger partial charge in [0.05, 0.1) is 0 Å². The van der Waals surface area contributed by atoms with Crippen molar-refractivity contribution in [1.82, 2.24) is 20.0 Å². The quantitative estimate of drug-likeness (QED) is 0.755. The second kappa shape index (κ2) is 7.02. The Kier molecular flexibility index (Phi) is 4.63. The smallest absolute Gasteiger partial charge is 0.276 e. The fourth-order valence-electron chi connectivity index (χ4n) is 2.10. The topological polar surface area (TPSA) is 67.1 Å². The van der Waals surface area contributed by atoms with E-state index in [9.17, 15) is 0 Å². The standard InChI is InChI=1S/C17H19N5O/c1-22(2)12-11-18-14-8-6-13(7-9-14)16-20-17(23-21-16)15-5-3-4-10-19-15/h3-10,18H,11-12H2,1-2H3. The third kappa shape index (κ3) is 3.92. The minimum Gasteiger partial charge on any atom is -0.384 e.